The van der Waals surface area contributed by atoms with E-state index in [1.54, 1.807) is 18.5 Å². The van der Waals surface area contributed by atoms with Gasteiger partial charge in [0.15, 0.2) is 0 Å². The van der Waals surface area contributed by atoms with Crippen molar-refractivity contribution in [1.82, 2.24) is 15.2 Å². The normalized spacial score (nSPS) is 22.8. The van der Waals surface area contributed by atoms with Crippen molar-refractivity contribution in [3.63, 3.8) is 0 Å². The first-order valence-corrected chi connectivity index (χ1v) is 8.31. The van der Waals surface area contributed by atoms with E-state index in [9.17, 15) is 13.6 Å². The number of carbonyl (C=O) groups excluding carboxylic acids is 1. The second kappa shape index (κ2) is 7.31. The van der Waals surface area contributed by atoms with Gasteiger partial charge in [-0.15, -0.1) is 0 Å². The Bertz CT molecular complexity index is 669. The van der Waals surface area contributed by atoms with Crippen molar-refractivity contribution >= 4 is 5.91 Å². The minimum Gasteiger partial charge on any atom is -0.487 e. The van der Waals surface area contributed by atoms with Gasteiger partial charge in [-0.2, -0.15) is 5.26 Å². The summed E-state index contributed by atoms with van der Waals surface area (Å²) in [5.41, 5.74) is 0.758. The molecule has 1 amide bonds. The van der Waals surface area contributed by atoms with Crippen molar-refractivity contribution in [2.75, 3.05) is 19.6 Å². The third-order valence-corrected chi connectivity index (χ3v) is 4.60. The summed E-state index contributed by atoms with van der Waals surface area (Å²) in [6, 6.07) is 3.87. The highest BCUT2D eigenvalue weighted by atomic mass is 19.3. The number of rotatable bonds is 6. The molecule has 1 N–H and O–H groups in total. The largest absolute Gasteiger partial charge is 0.487 e. The predicted octanol–water partition coefficient (Wildman–Crippen LogP) is 1.72. The van der Waals surface area contributed by atoms with Gasteiger partial charge in [0.1, 0.15) is 11.9 Å². The SMILES string of the molecule is N#CCN1CC[C@H](Oc2cnccc2CNC(=O)C2CC(F)(F)C2)C1. The van der Waals surface area contributed by atoms with Gasteiger partial charge in [-0.1, -0.05) is 0 Å². The number of nitrogens with one attached hydrogen (secondary N) is 1. The summed E-state index contributed by atoms with van der Waals surface area (Å²) < 4.78 is 31.7. The molecule has 25 heavy (non-hydrogen) atoms. The van der Waals surface area contributed by atoms with Crippen LogP contribution in [0, 0.1) is 17.2 Å². The average Bonchev–Trinajstić information content (AvgIpc) is 2.99. The number of alkyl halides is 2. The first kappa shape index (κ1) is 17.5. The van der Waals surface area contributed by atoms with Crippen LogP contribution in [0.25, 0.3) is 0 Å². The van der Waals surface area contributed by atoms with E-state index in [1.807, 2.05) is 4.90 Å². The molecule has 1 saturated heterocycles. The summed E-state index contributed by atoms with van der Waals surface area (Å²) in [6.45, 7) is 2.07. The Morgan fingerprint density at radius 3 is 3.04 bits per heavy atom. The number of likely N-dealkylation sites (tertiary alicyclic amines) is 1. The summed E-state index contributed by atoms with van der Waals surface area (Å²) in [6.07, 6.45) is 3.22. The number of nitrogens with zero attached hydrogens (tertiary/aromatic N) is 3. The van der Waals surface area contributed by atoms with Gasteiger partial charge < -0.3 is 10.1 Å². The first-order valence-electron chi connectivity index (χ1n) is 8.31. The second-order valence-electron chi connectivity index (χ2n) is 6.58. The van der Waals surface area contributed by atoms with Crippen LogP contribution in [0.5, 0.6) is 5.75 Å². The molecule has 134 valence electrons. The van der Waals surface area contributed by atoms with Crippen molar-refractivity contribution < 1.29 is 18.3 Å². The predicted molar refractivity (Wildman–Crippen MR) is 84.8 cm³/mol. The molecule has 6 nitrogen and oxygen atoms in total. The van der Waals surface area contributed by atoms with Gasteiger partial charge in [-0.25, -0.2) is 8.78 Å². The van der Waals surface area contributed by atoms with Crippen molar-refractivity contribution in [2.24, 2.45) is 5.92 Å². The maximum Gasteiger partial charge on any atom is 0.249 e. The number of aromatic nitrogens is 1. The molecule has 2 fully saturated rings. The highest BCUT2D eigenvalue weighted by Crippen LogP contribution is 2.42. The number of carbonyl (C=O) groups is 1. The van der Waals surface area contributed by atoms with Crippen molar-refractivity contribution in [2.45, 2.75) is 37.8 Å². The van der Waals surface area contributed by atoms with E-state index >= 15 is 0 Å². The van der Waals surface area contributed by atoms with Gasteiger partial charge in [0.05, 0.1) is 18.8 Å². The van der Waals surface area contributed by atoms with Crippen LogP contribution in [0.4, 0.5) is 8.78 Å². The van der Waals surface area contributed by atoms with Crippen LogP contribution >= 0.6 is 0 Å². The lowest BCUT2D eigenvalue weighted by molar-refractivity contribution is -0.150. The van der Waals surface area contributed by atoms with Gasteiger partial charge in [0.2, 0.25) is 11.8 Å². The number of amides is 1. The molecular weight excluding hydrogens is 330 g/mol. The Kier molecular flexibility index (Phi) is 5.13. The molecule has 2 heterocycles. The number of halogens is 2. The van der Waals surface area contributed by atoms with Crippen LogP contribution < -0.4 is 10.1 Å². The minimum atomic E-state index is -2.70. The summed E-state index contributed by atoms with van der Waals surface area (Å²) in [7, 11) is 0. The number of hydrogen-bond donors (Lipinski definition) is 1. The van der Waals surface area contributed by atoms with E-state index < -0.39 is 11.8 Å². The molecule has 0 radical (unpaired) electrons. The van der Waals surface area contributed by atoms with Crippen molar-refractivity contribution in [3.8, 4) is 11.8 Å². The molecule has 0 aromatic carbocycles. The summed E-state index contributed by atoms with van der Waals surface area (Å²) in [5.74, 6) is -3.10. The lowest BCUT2D eigenvalue weighted by atomic mass is 9.81. The smallest absolute Gasteiger partial charge is 0.249 e. The molecule has 1 aromatic rings. The highest BCUT2D eigenvalue weighted by molar-refractivity contribution is 5.79. The quantitative estimate of drug-likeness (QED) is 0.791. The maximum absolute atomic E-state index is 12.9. The zero-order valence-corrected chi connectivity index (χ0v) is 13.8. The molecule has 2 aliphatic rings. The molecule has 8 heteroatoms. The lowest BCUT2D eigenvalue weighted by Crippen LogP contribution is -2.44. The third-order valence-electron chi connectivity index (χ3n) is 4.60. The first-order chi connectivity index (χ1) is 12.0. The molecule has 1 atom stereocenters. The molecular formula is C17H20F2N4O2. The van der Waals surface area contributed by atoms with Crippen LogP contribution in [0.3, 0.4) is 0 Å². The monoisotopic (exact) mass is 350 g/mol. The molecule has 1 aliphatic carbocycles. The van der Waals surface area contributed by atoms with Crippen LogP contribution in [0.2, 0.25) is 0 Å². The van der Waals surface area contributed by atoms with Gasteiger partial charge in [0.25, 0.3) is 0 Å². The topological polar surface area (TPSA) is 78.2 Å². The fourth-order valence-corrected chi connectivity index (χ4v) is 3.15. The fourth-order valence-electron chi connectivity index (χ4n) is 3.15. The third kappa shape index (κ3) is 4.42. The number of pyridine rings is 1. The minimum absolute atomic E-state index is 0.0303. The number of hydrogen-bond acceptors (Lipinski definition) is 5. The van der Waals surface area contributed by atoms with Crippen molar-refractivity contribution in [1.29, 1.82) is 5.26 Å². The van der Waals surface area contributed by atoms with Gasteiger partial charge in [-0.3, -0.25) is 14.7 Å². The highest BCUT2D eigenvalue weighted by Gasteiger charge is 2.48. The Labute approximate surface area is 144 Å². The molecule has 1 aromatic heterocycles. The van der Waals surface area contributed by atoms with E-state index in [4.69, 9.17) is 10.00 Å². The van der Waals surface area contributed by atoms with Crippen molar-refractivity contribution in [3.05, 3.63) is 24.0 Å². The Hall–Kier alpha value is -2.27. The Morgan fingerprint density at radius 2 is 2.32 bits per heavy atom. The van der Waals surface area contributed by atoms with Gasteiger partial charge in [-0.05, 0) is 12.5 Å². The number of nitriles is 1. The Morgan fingerprint density at radius 1 is 1.52 bits per heavy atom. The van der Waals surface area contributed by atoms with E-state index in [2.05, 4.69) is 16.4 Å². The molecule has 1 saturated carbocycles. The lowest BCUT2D eigenvalue weighted by Gasteiger charge is -2.33. The van der Waals surface area contributed by atoms with Crippen LogP contribution in [-0.4, -0.2) is 47.5 Å². The fraction of sp³-hybridized carbons (Fsp3) is 0.588. The van der Waals surface area contributed by atoms with E-state index in [-0.39, 0.29) is 31.4 Å². The molecule has 1 aliphatic heterocycles. The second-order valence-corrected chi connectivity index (χ2v) is 6.58. The standard InChI is InChI=1S/C17H20F2N4O2/c18-17(19)7-13(8-17)16(24)22-9-12-1-4-21-10-15(12)25-14-2-5-23(11-14)6-3-20/h1,4,10,13-14H,2,5-9,11H2,(H,22,24)/t14-/m0/s1. The van der Waals surface area contributed by atoms with Crippen LogP contribution in [0.15, 0.2) is 18.5 Å². The number of ether oxygens (including phenoxy) is 1. The molecule has 0 unspecified atom stereocenters. The van der Waals surface area contributed by atoms with Crippen LogP contribution in [0.1, 0.15) is 24.8 Å². The zero-order valence-electron chi connectivity index (χ0n) is 13.8. The van der Waals surface area contributed by atoms with Gasteiger partial charge in [0, 0.05) is 50.2 Å². The van der Waals surface area contributed by atoms with Crippen LogP contribution in [-0.2, 0) is 11.3 Å². The molecule has 0 bridgehead atoms. The van der Waals surface area contributed by atoms with E-state index in [0.29, 0.717) is 18.8 Å². The zero-order chi connectivity index (χ0) is 17.9. The molecule has 3 rings (SSSR count). The summed E-state index contributed by atoms with van der Waals surface area (Å²) >= 11 is 0. The van der Waals surface area contributed by atoms with E-state index in [0.717, 1.165) is 18.5 Å². The maximum atomic E-state index is 12.9. The average molecular weight is 350 g/mol. The summed E-state index contributed by atoms with van der Waals surface area (Å²) in [4.78, 5) is 18.0. The van der Waals surface area contributed by atoms with Gasteiger partial charge >= 0.3 is 0 Å². The Balaban J connectivity index is 1.53. The van der Waals surface area contributed by atoms with E-state index in [1.165, 1.54) is 0 Å². The molecule has 0 spiro atoms. The summed E-state index contributed by atoms with van der Waals surface area (Å²) in [5, 5.41) is 11.4.